The molecule has 3 rings (SSSR count). The number of amides is 1. The van der Waals surface area contributed by atoms with Crippen LogP contribution in [0.5, 0.6) is 5.75 Å². The van der Waals surface area contributed by atoms with Crippen molar-refractivity contribution < 1.29 is 31.8 Å². The van der Waals surface area contributed by atoms with Gasteiger partial charge in [0.15, 0.2) is 0 Å². The molecule has 2 aromatic rings. The summed E-state index contributed by atoms with van der Waals surface area (Å²) in [7, 11) is -4.92. The van der Waals surface area contributed by atoms with Gasteiger partial charge < -0.3 is 15.2 Å². The number of carbonyl (C=O) groups is 1. The molecule has 1 atom stereocenters. The van der Waals surface area contributed by atoms with Crippen molar-refractivity contribution in [2.75, 3.05) is 13.2 Å². The van der Waals surface area contributed by atoms with Gasteiger partial charge in [-0.15, -0.1) is 0 Å². The van der Waals surface area contributed by atoms with Gasteiger partial charge in [0.1, 0.15) is 5.75 Å². The largest absolute Gasteiger partial charge is 0.493 e. The zero-order valence-corrected chi connectivity index (χ0v) is 14.9. The van der Waals surface area contributed by atoms with Crippen molar-refractivity contribution in [1.29, 1.82) is 0 Å². The third-order valence-electron chi connectivity index (χ3n) is 4.23. The van der Waals surface area contributed by atoms with Gasteiger partial charge >= 0.3 is 5.76 Å². The van der Waals surface area contributed by atoms with Crippen LogP contribution in [-0.2, 0) is 16.3 Å². The van der Waals surface area contributed by atoms with E-state index >= 15 is 0 Å². The number of sulfone groups is 1. The number of aliphatic hydroxyl groups excluding tert-OH is 1. The Labute approximate surface area is 154 Å². The number of rotatable bonds is 6. The number of ether oxygens (including phenoxy) is 1. The van der Waals surface area contributed by atoms with Crippen LogP contribution in [0.4, 0.5) is 8.78 Å². The van der Waals surface area contributed by atoms with E-state index < -0.39 is 38.1 Å². The monoisotopic (exact) mass is 397 g/mol. The Morgan fingerprint density at radius 3 is 2.70 bits per heavy atom. The maximum atomic E-state index is 12.8. The minimum atomic E-state index is -4.92. The van der Waals surface area contributed by atoms with Gasteiger partial charge in [-0.25, -0.2) is 8.42 Å². The summed E-state index contributed by atoms with van der Waals surface area (Å²) in [5.74, 6) is -3.75. The zero-order chi connectivity index (χ0) is 19.6. The summed E-state index contributed by atoms with van der Waals surface area (Å²) in [6.45, 7) is 0.364. The van der Waals surface area contributed by atoms with Crippen molar-refractivity contribution >= 4 is 15.7 Å². The molecular weight excluding hydrogens is 380 g/mol. The van der Waals surface area contributed by atoms with Crippen LogP contribution < -0.4 is 10.1 Å². The fourth-order valence-electron chi connectivity index (χ4n) is 2.81. The van der Waals surface area contributed by atoms with Crippen LogP contribution in [0.15, 0.2) is 47.4 Å². The van der Waals surface area contributed by atoms with Crippen molar-refractivity contribution in [3.05, 3.63) is 59.2 Å². The molecular formula is C18H17F2NO5S. The average Bonchev–Trinajstić information content (AvgIpc) is 3.13. The molecule has 0 bridgehead atoms. The van der Waals surface area contributed by atoms with Crippen molar-refractivity contribution in [2.24, 2.45) is 0 Å². The molecule has 1 aliphatic heterocycles. The molecule has 1 amide bonds. The molecule has 0 fully saturated rings. The molecule has 6 nitrogen and oxygen atoms in total. The van der Waals surface area contributed by atoms with Crippen LogP contribution >= 0.6 is 0 Å². The highest BCUT2D eigenvalue weighted by Crippen LogP contribution is 2.28. The Balaban J connectivity index is 1.73. The Morgan fingerprint density at radius 1 is 1.22 bits per heavy atom. The number of hydrogen-bond donors (Lipinski definition) is 2. The third kappa shape index (κ3) is 3.93. The van der Waals surface area contributed by atoms with Crippen LogP contribution in [0, 0.1) is 0 Å². The summed E-state index contributed by atoms with van der Waals surface area (Å²) < 4.78 is 54.5. The first-order valence-corrected chi connectivity index (χ1v) is 9.68. The van der Waals surface area contributed by atoms with Crippen LogP contribution in [0.25, 0.3) is 0 Å². The average molecular weight is 397 g/mol. The second-order valence-corrected chi connectivity index (χ2v) is 7.88. The topological polar surface area (TPSA) is 92.7 Å². The molecule has 1 aliphatic rings. The number of nitrogens with one attached hydrogen (secondary N) is 1. The molecule has 144 valence electrons. The Hall–Kier alpha value is -2.52. The van der Waals surface area contributed by atoms with Crippen molar-refractivity contribution in [3.8, 4) is 5.75 Å². The molecule has 2 N–H and O–H groups in total. The molecule has 2 aromatic carbocycles. The molecule has 0 aliphatic carbocycles. The number of benzene rings is 2. The lowest BCUT2D eigenvalue weighted by Gasteiger charge is -2.14. The van der Waals surface area contributed by atoms with E-state index in [0.717, 1.165) is 29.9 Å². The molecule has 9 heteroatoms. The van der Waals surface area contributed by atoms with E-state index in [1.807, 2.05) is 0 Å². The van der Waals surface area contributed by atoms with Gasteiger partial charge in [-0.2, -0.15) is 8.78 Å². The van der Waals surface area contributed by atoms with Crippen molar-refractivity contribution in [1.82, 2.24) is 5.32 Å². The molecule has 1 heterocycles. The van der Waals surface area contributed by atoms with E-state index in [2.05, 4.69) is 5.32 Å². The summed E-state index contributed by atoms with van der Waals surface area (Å²) in [5.41, 5.74) is 1.12. The normalized spacial score (nSPS) is 14.5. The smallest absolute Gasteiger partial charge is 0.341 e. The lowest BCUT2D eigenvalue weighted by Crippen LogP contribution is -2.30. The minimum Gasteiger partial charge on any atom is -0.493 e. The second kappa shape index (κ2) is 7.61. The lowest BCUT2D eigenvalue weighted by molar-refractivity contribution is 0.0913. The van der Waals surface area contributed by atoms with E-state index in [0.29, 0.717) is 12.2 Å². The van der Waals surface area contributed by atoms with Gasteiger partial charge in [0.2, 0.25) is 9.84 Å². The van der Waals surface area contributed by atoms with Gasteiger partial charge in [0, 0.05) is 13.0 Å². The van der Waals surface area contributed by atoms with Gasteiger partial charge in [-0.05, 0) is 35.4 Å². The molecule has 27 heavy (non-hydrogen) atoms. The van der Waals surface area contributed by atoms with Crippen molar-refractivity contribution in [3.63, 3.8) is 0 Å². The first-order valence-electron chi connectivity index (χ1n) is 8.13. The predicted molar refractivity (Wildman–Crippen MR) is 92.6 cm³/mol. The summed E-state index contributed by atoms with van der Waals surface area (Å²) in [5, 5.41) is 12.7. The fourth-order valence-corrected chi connectivity index (χ4v) is 3.74. The van der Waals surface area contributed by atoms with Gasteiger partial charge in [-0.3, -0.25) is 4.79 Å². The number of carbonyl (C=O) groups excluding carboxylic acids is 1. The lowest BCUT2D eigenvalue weighted by atomic mass is 10.0. The maximum Gasteiger partial charge on any atom is 0.341 e. The Kier molecular flexibility index (Phi) is 5.43. The summed E-state index contributed by atoms with van der Waals surface area (Å²) in [6.07, 6.45) is -0.320. The maximum absolute atomic E-state index is 12.8. The molecule has 0 saturated carbocycles. The van der Waals surface area contributed by atoms with Crippen LogP contribution in [-0.4, -0.2) is 38.3 Å². The summed E-state index contributed by atoms with van der Waals surface area (Å²) in [4.78, 5) is 11.6. The molecule has 0 unspecified atom stereocenters. The number of alkyl halides is 2. The van der Waals surface area contributed by atoms with E-state index in [4.69, 9.17) is 4.74 Å². The van der Waals surface area contributed by atoms with E-state index in [1.54, 1.807) is 18.2 Å². The van der Waals surface area contributed by atoms with Crippen LogP contribution in [0.1, 0.15) is 27.6 Å². The Bertz CT molecular complexity index is 962. The first-order chi connectivity index (χ1) is 12.8. The van der Waals surface area contributed by atoms with E-state index in [-0.39, 0.29) is 6.54 Å². The summed E-state index contributed by atoms with van der Waals surface area (Å²) >= 11 is 0. The van der Waals surface area contributed by atoms with Gasteiger partial charge in [-0.1, -0.05) is 18.2 Å². The highest BCUT2D eigenvalue weighted by Gasteiger charge is 2.30. The number of aliphatic hydroxyl groups is 1. The standard InChI is InChI=1S/C18H17F2NO5S/c19-18(20)27(24,25)16-4-2-1-3-13(16)17(23)21-10-14(22)11-5-6-15-12(9-11)7-8-26-15/h1-6,9,14,18,22H,7-8,10H2,(H,21,23)/t14-/m0/s1. The minimum absolute atomic E-state index is 0.207. The molecule has 0 spiro atoms. The van der Waals surface area contributed by atoms with Gasteiger partial charge in [0.05, 0.1) is 23.2 Å². The Morgan fingerprint density at radius 2 is 1.96 bits per heavy atom. The molecule has 0 aromatic heterocycles. The van der Waals surface area contributed by atoms with Gasteiger partial charge in [0.25, 0.3) is 5.91 Å². The van der Waals surface area contributed by atoms with E-state index in [1.165, 1.54) is 12.1 Å². The predicted octanol–water partition coefficient (Wildman–Crippen LogP) is 2.08. The highest BCUT2D eigenvalue weighted by atomic mass is 32.2. The number of fused-ring (bicyclic) bond motifs is 1. The third-order valence-corrected chi connectivity index (χ3v) is 5.67. The zero-order valence-electron chi connectivity index (χ0n) is 14.1. The second-order valence-electron chi connectivity index (χ2n) is 5.99. The van der Waals surface area contributed by atoms with Crippen molar-refractivity contribution in [2.45, 2.75) is 23.2 Å². The fraction of sp³-hybridized carbons (Fsp3) is 0.278. The van der Waals surface area contributed by atoms with Crippen LogP contribution in [0.3, 0.4) is 0 Å². The quantitative estimate of drug-likeness (QED) is 0.779. The molecule has 0 radical (unpaired) electrons. The number of halogens is 2. The van der Waals surface area contributed by atoms with E-state index in [9.17, 15) is 27.1 Å². The SMILES string of the molecule is O=C(NC[C@H](O)c1ccc2c(c1)CCO2)c1ccccc1S(=O)(=O)C(F)F. The first kappa shape index (κ1) is 19.2. The molecule has 0 saturated heterocycles. The van der Waals surface area contributed by atoms with Crippen LogP contribution in [0.2, 0.25) is 0 Å². The number of hydrogen-bond acceptors (Lipinski definition) is 5. The highest BCUT2D eigenvalue weighted by molar-refractivity contribution is 7.91. The summed E-state index contributed by atoms with van der Waals surface area (Å²) in [6, 6.07) is 9.89.